The van der Waals surface area contributed by atoms with E-state index in [0.29, 0.717) is 30.5 Å². The van der Waals surface area contributed by atoms with Crippen LogP contribution < -0.4 is 10.6 Å². The second kappa shape index (κ2) is 12.2. The highest BCUT2D eigenvalue weighted by Gasteiger charge is 2.47. The highest BCUT2D eigenvalue weighted by molar-refractivity contribution is 6.13. The molecule has 0 saturated carbocycles. The predicted octanol–water partition coefficient (Wildman–Crippen LogP) is 3.05. The van der Waals surface area contributed by atoms with Crippen molar-refractivity contribution < 1.29 is 37.8 Å². The van der Waals surface area contributed by atoms with Gasteiger partial charge in [-0.2, -0.15) is 0 Å². The van der Waals surface area contributed by atoms with Crippen LogP contribution in [0.15, 0.2) is 48.2 Å². The summed E-state index contributed by atoms with van der Waals surface area (Å²) in [5, 5.41) is 15.0. The van der Waals surface area contributed by atoms with Crippen molar-refractivity contribution in [1.29, 1.82) is 0 Å². The Morgan fingerprint density at radius 2 is 1.90 bits per heavy atom. The van der Waals surface area contributed by atoms with E-state index in [1.54, 1.807) is 6.20 Å². The Kier molecular flexibility index (Phi) is 8.73. The van der Waals surface area contributed by atoms with Crippen molar-refractivity contribution in [3.05, 3.63) is 71.1 Å². The summed E-state index contributed by atoms with van der Waals surface area (Å²) in [5.74, 6) is -5.08. The monoisotopic (exact) mass is 557 g/mol. The number of benzene rings is 1. The van der Waals surface area contributed by atoms with Gasteiger partial charge in [0.15, 0.2) is 17.7 Å². The third kappa shape index (κ3) is 5.78. The van der Waals surface area contributed by atoms with Crippen molar-refractivity contribution in [1.82, 2.24) is 25.4 Å². The molecule has 2 atom stereocenters. The quantitative estimate of drug-likeness (QED) is 0.441. The van der Waals surface area contributed by atoms with E-state index in [-0.39, 0.29) is 11.5 Å². The van der Waals surface area contributed by atoms with Crippen LogP contribution in [0.2, 0.25) is 0 Å². The number of halogens is 2. The van der Waals surface area contributed by atoms with Crippen molar-refractivity contribution in [2.24, 2.45) is 0 Å². The normalized spacial score (nSPS) is 19.1. The molecule has 1 aromatic carbocycles. The molecule has 2 aliphatic heterocycles. The van der Waals surface area contributed by atoms with E-state index in [4.69, 9.17) is 4.74 Å². The number of esters is 1. The molecule has 2 aliphatic rings. The first-order valence-corrected chi connectivity index (χ1v) is 12.7. The Balaban J connectivity index is 1.58. The zero-order chi connectivity index (χ0) is 29.0. The lowest BCUT2D eigenvalue weighted by Crippen LogP contribution is -2.63. The van der Waals surface area contributed by atoms with Crippen LogP contribution >= 0.6 is 0 Å². The molecule has 4 rings (SSSR count). The van der Waals surface area contributed by atoms with Crippen LogP contribution in [0.25, 0.3) is 5.70 Å². The summed E-state index contributed by atoms with van der Waals surface area (Å²) in [5.41, 5.74) is -0.218. The molecule has 1 saturated heterocycles. The number of carboxylic acids is 1. The van der Waals surface area contributed by atoms with Crippen molar-refractivity contribution in [2.45, 2.75) is 44.3 Å². The van der Waals surface area contributed by atoms with Crippen molar-refractivity contribution in [2.75, 3.05) is 20.2 Å². The first kappa shape index (κ1) is 28.6. The number of likely N-dealkylation sites (tertiary alicyclic amines) is 1. The third-order valence-electron chi connectivity index (χ3n) is 7.07. The molecule has 0 bridgehead atoms. The lowest BCUT2D eigenvalue weighted by Gasteiger charge is -2.39. The highest BCUT2D eigenvalue weighted by atomic mass is 19.2. The summed E-state index contributed by atoms with van der Waals surface area (Å²) >= 11 is 0. The molecule has 13 heteroatoms. The number of aromatic nitrogens is 1. The SMILES string of the molecule is CCC(NC(=O)N1C(=O)NC(c2ccc(F)c(F)c2)=C(C(=O)OC)C1C(=O)O)N1CCC(c2ccccn2)CC1. The molecule has 2 unspecified atom stereocenters. The van der Waals surface area contributed by atoms with Crippen LogP contribution in [0.5, 0.6) is 0 Å². The maximum absolute atomic E-state index is 14.0. The minimum absolute atomic E-state index is 0.179. The van der Waals surface area contributed by atoms with Crippen LogP contribution in [0.3, 0.4) is 0 Å². The zero-order valence-corrected chi connectivity index (χ0v) is 21.9. The number of methoxy groups -OCH3 is 1. The fraction of sp³-hybridized carbons (Fsp3) is 0.370. The number of aliphatic carboxylic acids is 1. The Morgan fingerprint density at radius 3 is 2.48 bits per heavy atom. The smallest absolute Gasteiger partial charge is 0.338 e. The van der Waals surface area contributed by atoms with E-state index in [1.807, 2.05) is 30.0 Å². The third-order valence-corrected chi connectivity index (χ3v) is 7.07. The average Bonchev–Trinajstić information content (AvgIpc) is 2.96. The van der Waals surface area contributed by atoms with Gasteiger partial charge in [-0.25, -0.2) is 32.9 Å². The van der Waals surface area contributed by atoms with E-state index in [9.17, 15) is 33.1 Å². The minimum atomic E-state index is -2.10. The van der Waals surface area contributed by atoms with Gasteiger partial charge in [-0.3, -0.25) is 9.88 Å². The summed E-state index contributed by atoms with van der Waals surface area (Å²) < 4.78 is 32.2. The molecule has 0 spiro atoms. The Morgan fingerprint density at radius 1 is 1.18 bits per heavy atom. The number of rotatable bonds is 7. The van der Waals surface area contributed by atoms with E-state index in [0.717, 1.165) is 37.8 Å². The Labute approximate surface area is 228 Å². The molecule has 1 aromatic heterocycles. The topological polar surface area (TPSA) is 141 Å². The number of hydrogen-bond donors (Lipinski definition) is 3. The largest absolute Gasteiger partial charge is 0.479 e. The van der Waals surface area contributed by atoms with Crippen LogP contribution in [0, 0.1) is 11.6 Å². The van der Waals surface area contributed by atoms with Gasteiger partial charge in [-0.15, -0.1) is 0 Å². The molecule has 1 fully saturated rings. The van der Waals surface area contributed by atoms with Crippen LogP contribution in [-0.2, 0) is 14.3 Å². The second-order valence-corrected chi connectivity index (χ2v) is 9.39. The van der Waals surface area contributed by atoms with Gasteiger partial charge >= 0.3 is 24.0 Å². The molecule has 0 aliphatic carbocycles. The molecular weight excluding hydrogens is 528 g/mol. The molecule has 3 heterocycles. The molecule has 4 amide bonds. The fourth-order valence-electron chi connectivity index (χ4n) is 5.05. The van der Waals surface area contributed by atoms with Gasteiger partial charge in [-0.05, 0) is 49.6 Å². The first-order chi connectivity index (χ1) is 19.2. The summed E-state index contributed by atoms with van der Waals surface area (Å²) in [7, 11) is 0.986. The highest BCUT2D eigenvalue weighted by Crippen LogP contribution is 2.30. The number of carboxylic acid groups (broad SMARTS) is 1. The standard InChI is InChI=1S/C27H29F2N5O6/c1-3-20(33-12-9-15(10-13-33)19-6-4-5-11-30-19)31-26(38)34-23(24(35)36)21(25(37)40-2)22(32-27(34)39)16-7-8-17(28)18(29)14-16/h4-8,11,14-15,20,23H,3,9-10,12-13H2,1-2H3,(H,31,38)(H,32,39)(H,35,36). The van der Waals surface area contributed by atoms with Gasteiger partial charge in [0.2, 0.25) is 0 Å². The number of ether oxygens (including phenoxy) is 1. The minimum Gasteiger partial charge on any atom is -0.479 e. The average molecular weight is 558 g/mol. The van der Waals surface area contributed by atoms with Gasteiger partial charge in [0, 0.05) is 36.5 Å². The molecular formula is C27H29F2N5O6. The van der Waals surface area contributed by atoms with Gasteiger partial charge in [0.05, 0.1) is 24.5 Å². The molecule has 0 radical (unpaired) electrons. The van der Waals surface area contributed by atoms with E-state index < -0.39 is 59.1 Å². The van der Waals surface area contributed by atoms with Gasteiger partial charge in [0.1, 0.15) is 0 Å². The van der Waals surface area contributed by atoms with E-state index in [1.165, 1.54) is 0 Å². The van der Waals surface area contributed by atoms with Crippen LogP contribution in [0.1, 0.15) is 43.4 Å². The number of imide groups is 1. The lowest BCUT2D eigenvalue weighted by atomic mass is 9.92. The molecule has 2 aromatic rings. The number of urea groups is 2. The number of carbonyl (C=O) groups is 4. The summed E-state index contributed by atoms with van der Waals surface area (Å²) in [6, 6.07) is 3.97. The molecule has 11 nitrogen and oxygen atoms in total. The number of nitrogens with one attached hydrogen (secondary N) is 2. The van der Waals surface area contributed by atoms with Gasteiger partial charge in [-0.1, -0.05) is 13.0 Å². The van der Waals surface area contributed by atoms with E-state index >= 15 is 0 Å². The van der Waals surface area contributed by atoms with Crippen LogP contribution in [0.4, 0.5) is 18.4 Å². The molecule has 212 valence electrons. The van der Waals surface area contributed by atoms with Gasteiger partial charge < -0.3 is 20.5 Å². The zero-order valence-electron chi connectivity index (χ0n) is 21.9. The van der Waals surface area contributed by atoms with Crippen LogP contribution in [-0.4, -0.2) is 76.3 Å². The maximum Gasteiger partial charge on any atom is 0.338 e. The fourth-order valence-corrected chi connectivity index (χ4v) is 5.05. The Hall–Kier alpha value is -4.39. The van der Waals surface area contributed by atoms with Crippen molar-refractivity contribution in [3.8, 4) is 0 Å². The predicted molar refractivity (Wildman–Crippen MR) is 137 cm³/mol. The number of piperidine rings is 1. The number of amides is 4. The van der Waals surface area contributed by atoms with Crippen molar-refractivity contribution in [3.63, 3.8) is 0 Å². The number of carbonyl (C=O) groups excluding carboxylic acids is 3. The number of nitrogens with zero attached hydrogens (tertiary/aromatic N) is 3. The molecule has 3 N–H and O–H groups in total. The maximum atomic E-state index is 14.0. The second-order valence-electron chi connectivity index (χ2n) is 9.39. The summed E-state index contributed by atoms with van der Waals surface area (Å²) in [6.07, 6.45) is 3.25. The lowest BCUT2D eigenvalue weighted by molar-refractivity contribution is -0.144. The Bertz CT molecular complexity index is 1330. The number of pyridine rings is 1. The number of hydrogen-bond acceptors (Lipinski definition) is 7. The summed E-state index contributed by atoms with van der Waals surface area (Å²) in [6.45, 7) is 3.09. The summed E-state index contributed by atoms with van der Waals surface area (Å²) in [4.78, 5) is 58.4. The first-order valence-electron chi connectivity index (χ1n) is 12.7. The van der Waals surface area contributed by atoms with Crippen molar-refractivity contribution >= 4 is 29.7 Å². The molecule has 40 heavy (non-hydrogen) atoms. The van der Waals surface area contributed by atoms with E-state index in [2.05, 4.69) is 15.6 Å². The van der Waals surface area contributed by atoms with Gasteiger partial charge in [0.25, 0.3) is 0 Å².